The predicted octanol–water partition coefficient (Wildman–Crippen LogP) is 0.332. The van der Waals surface area contributed by atoms with Gasteiger partial charge in [-0.3, -0.25) is 4.98 Å². The molecule has 21 heavy (non-hydrogen) atoms. The van der Waals surface area contributed by atoms with Gasteiger partial charge in [0.25, 0.3) is 0 Å². The Morgan fingerprint density at radius 1 is 1.38 bits per heavy atom. The molecule has 2 aromatic rings. The Labute approximate surface area is 122 Å². The normalized spacial score (nSPS) is 20.7. The molecule has 0 saturated carbocycles. The molecule has 7 nitrogen and oxygen atoms in total. The number of nitrogens with one attached hydrogen (secondary N) is 1. The predicted molar refractivity (Wildman–Crippen MR) is 75.2 cm³/mol. The van der Waals surface area contributed by atoms with E-state index < -0.39 is 9.84 Å². The molecule has 1 aliphatic heterocycles. The Morgan fingerprint density at radius 3 is 3.00 bits per heavy atom. The molecule has 1 fully saturated rings. The Hall–Kier alpha value is -1.80. The van der Waals surface area contributed by atoms with Crippen LogP contribution in [-0.4, -0.2) is 41.1 Å². The molecule has 1 aliphatic rings. The molecule has 3 heterocycles. The SMILES string of the molecule is O=S1(=O)CCC(NCc2nc(Cc3ccccn3)no2)C1. The lowest BCUT2D eigenvalue weighted by Gasteiger charge is -2.07. The zero-order chi connectivity index (χ0) is 14.7. The number of nitrogens with zero attached hydrogens (tertiary/aromatic N) is 3. The Morgan fingerprint density at radius 2 is 2.29 bits per heavy atom. The van der Waals surface area contributed by atoms with Crippen molar-refractivity contribution in [2.75, 3.05) is 11.5 Å². The van der Waals surface area contributed by atoms with Crippen molar-refractivity contribution in [3.63, 3.8) is 0 Å². The molecule has 0 spiro atoms. The zero-order valence-corrected chi connectivity index (χ0v) is 12.2. The van der Waals surface area contributed by atoms with E-state index in [0.717, 1.165) is 5.69 Å². The fourth-order valence-electron chi connectivity index (χ4n) is 2.29. The Bertz CT molecular complexity index is 699. The van der Waals surface area contributed by atoms with Crippen molar-refractivity contribution in [2.45, 2.75) is 25.4 Å². The van der Waals surface area contributed by atoms with Gasteiger partial charge in [-0.05, 0) is 18.6 Å². The van der Waals surface area contributed by atoms with Crippen LogP contribution in [0.15, 0.2) is 28.9 Å². The molecular weight excluding hydrogens is 292 g/mol. The second-order valence-corrected chi connectivity index (χ2v) is 7.31. The number of pyridine rings is 1. The maximum Gasteiger partial charge on any atom is 0.240 e. The molecule has 0 bridgehead atoms. The smallest absolute Gasteiger partial charge is 0.240 e. The summed E-state index contributed by atoms with van der Waals surface area (Å²) < 4.78 is 27.9. The molecule has 1 N–H and O–H groups in total. The molecule has 1 atom stereocenters. The van der Waals surface area contributed by atoms with Gasteiger partial charge in [-0.15, -0.1) is 0 Å². The van der Waals surface area contributed by atoms with Crippen LogP contribution < -0.4 is 5.32 Å². The highest BCUT2D eigenvalue weighted by Crippen LogP contribution is 2.12. The van der Waals surface area contributed by atoms with Crippen molar-refractivity contribution in [3.05, 3.63) is 41.8 Å². The van der Waals surface area contributed by atoms with E-state index in [2.05, 4.69) is 20.4 Å². The van der Waals surface area contributed by atoms with Crippen LogP contribution in [0.2, 0.25) is 0 Å². The van der Waals surface area contributed by atoms with Crippen LogP contribution in [0.4, 0.5) is 0 Å². The minimum absolute atomic E-state index is 0.0267. The monoisotopic (exact) mass is 308 g/mol. The van der Waals surface area contributed by atoms with Crippen molar-refractivity contribution in [2.24, 2.45) is 0 Å². The van der Waals surface area contributed by atoms with E-state index in [1.165, 1.54) is 0 Å². The quantitative estimate of drug-likeness (QED) is 0.850. The highest BCUT2D eigenvalue weighted by molar-refractivity contribution is 7.91. The molecule has 0 amide bonds. The van der Waals surface area contributed by atoms with Gasteiger partial charge in [0.2, 0.25) is 5.89 Å². The minimum atomic E-state index is -2.87. The maximum absolute atomic E-state index is 11.4. The second kappa shape index (κ2) is 5.90. The van der Waals surface area contributed by atoms with Crippen molar-refractivity contribution >= 4 is 9.84 Å². The maximum atomic E-state index is 11.4. The van der Waals surface area contributed by atoms with E-state index in [-0.39, 0.29) is 17.5 Å². The number of hydrogen-bond donors (Lipinski definition) is 1. The van der Waals surface area contributed by atoms with Crippen molar-refractivity contribution in [3.8, 4) is 0 Å². The molecule has 1 unspecified atom stereocenters. The van der Waals surface area contributed by atoms with Crippen LogP contribution in [0.25, 0.3) is 0 Å². The number of aromatic nitrogens is 3. The van der Waals surface area contributed by atoms with Gasteiger partial charge in [-0.1, -0.05) is 11.2 Å². The van der Waals surface area contributed by atoms with Crippen molar-refractivity contribution in [1.29, 1.82) is 0 Å². The number of rotatable bonds is 5. The average Bonchev–Trinajstić information content (AvgIpc) is 3.04. The molecule has 2 aromatic heterocycles. The molecule has 0 radical (unpaired) electrons. The van der Waals surface area contributed by atoms with Crippen LogP contribution in [-0.2, 0) is 22.8 Å². The van der Waals surface area contributed by atoms with Crippen molar-refractivity contribution in [1.82, 2.24) is 20.4 Å². The molecule has 0 aliphatic carbocycles. The van der Waals surface area contributed by atoms with Gasteiger partial charge in [-0.25, -0.2) is 8.42 Å². The number of sulfone groups is 1. The first-order valence-corrected chi connectivity index (χ1v) is 8.58. The zero-order valence-electron chi connectivity index (χ0n) is 11.4. The van der Waals surface area contributed by atoms with E-state index in [1.807, 2.05) is 18.2 Å². The summed E-state index contributed by atoms with van der Waals surface area (Å²) in [5.41, 5.74) is 0.875. The lowest BCUT2D eigenvalue weighted by Crippen LogP contribution is -2.29. The topological polar surface area (TPSA) is 98.0 Å². The average molecular weight is 308 g/mol. The molecule has 1 saturated heterocycles. The first-order valence-electron chi connectivity index (χ1n) is 6.76. The highest BCUT2D eigenvalue weighted by Gasteiger charge is 2.27. The van der Waals surface area contributed by atoms with Gasteiger partial charge in [-0.2, -0.15) is 4.98 Å². The van der Waals surface area contributed by atoms with E-state index in [1.54, 1.807) is 6.20 Å². The lowest BCUT2D eigenvalue weighted by atomic mass is 10.2. The summed E-state index contributed by atoms with van der Waals surface area (Å²) in [5, 5.41) is 7.04. The molecule has 112 valence electrons. The summed E-state index contributed by atoms with van der Waals surface area (Å²) >= 11 is 0. The van der Waals surface area contributed by atoms with Crippen LogP contribution >= 0.6 is 0 Å². The standard InChI is InChI=1S/C13H16N4O3S/c18-21(19)6-4-11(9-21)15-8-13-16-12(17-20-13)7-10-3-1-2-5-14-10/h1-3,5,11,15H,4,6-9H2. The van der Waals surface area contributed by atoms with Crippen LogP contribution in [0.5, 0.6) is 0 Å². The summed E-state index contributed by atoms with van der Waals surface area (Å²) in [5.74, 6) is 1.47. The molecule has 0 aromatic carbocycles. The van der Waals surface area contributed by atoms with Gasteiger partial charge in [0.15, 0.2) is 15.7 Å². The highest BCUT2D eigenvalue weighted by atomic mass is 32.2. The second-order valence-electron chi connectivity index (χ2n) is 5.08. The third kappa shape index (κ3) is 3.85. The van der Waals surface area contributed by atoms with E-state index in [9.17, 15) is 8.42 Å². The summed E-state index contributed by atoms with van der Waals surface area (Å²) in [6.07, 6.45) is 2.87. The van der Waals surface area contributed by atoms with E-state index >= 15 is 0 Å². The largest absolute Gasteiger partial charge is 0.338 e. The van der Waals surface area contributed by atoms with E-state index in [0.29, 0.717) is 31.1 Å². The summed E-state index contributed by atoms with van der Waals surface area (Å²) in [7, 11) is -2.87. The van der Waals surface area contributed by atoms with Gasteiger partial charge in [0.1, 0.15) is 0 Å². The first kappa shape index (κ1) is 14.2. The third-order valence-electron chi connectivity index (χ3n) is 3.35. The van der Waals surface area contributed by atoms with Crippen LogP contribution in [0.1, 0.15) is 23.8 Å². The van der Waals surface area contributed by atoms with Gasteiger partial charge < -0.3 is 9.84 Å². The third-order valence-corrected chi connectivity index (χ3v) is 5.12. The summed E-state index contributed by atoms with van der Waals surface area (Å²) in [6.45, 7) is 0.384. The first-order chi connectivity index (χ1) is 10.1. The summed E-state index contributed by atoms with van der Waals surface area (Å²) in [6, 6.07) is 5.63. The fraction of sp³-hybridized carbons (Fsp3) is 0.462. The molecular formula is C13H16N4O3S. The minimum Gasteiger partial charge on any atom is -0.338 e. The Balaban J connectivity index is 1.54. The molecule has 3 rings (SSSR count). The van der Waals surface area contributed by atoms with Crippen molar-refractivity contribution < 1.29 is 12.9 Å². The van der Waals surface area contributed by atoms with Crippen LogP contribution in [0.3, 0.4) is 0 Å². The van der Waals surface area contributed by atoms with Gasteiger partial charge in [0.05, 0.1) is 24.5 Å². The molecule has 8 heteroatoms. The van der Waals surface area contributed by atoms with E-state index in [4.69, 9.17) is 4.52 Å². The lowest BCUT2D eigenvalue weighted by molar-refractivity contribution is 0.356. The number of hydrogen-bond acceptors (Lipinski definition) is 7. The van der Waals surface area contributed by atoms with Crippen LogP contribution in [0, 0.1) is 0 Å². The van der Waals surface area contributed by atoms with Gasteiger partial charge >= 0.3 is 0 Å². The fourth-order valence-corrected chi connectivity index (χ4v) is 3.99. The Kier molecular flexibility index (Phi) is 3.98. The van der Waals surface area contributed by atoms with Gasteiger partial charge in [0, 0.05) is 17.9 Å². The summed E-state index contributed by atoms with van der Waals surface area (Å²) in [4.78, 5) is 8.48.